The maximum Gasteiger partial charge on any atom is 0.309 e. The number of carboxylic acids is 1. The molecule has 4 rings (SSSR count). The summed E-state index contributed by atoms with van der Waals surface area (Å²) >= 11 is 0. The first-order chi connectivity index (χ1) is 15.4. The molecule has 2 heterocycles. The molecular formula is C26H31N3O3. The summed E-state index contributed by atoms with van der Waals surface area (Å²) < 4.78 is 5.53. The molecule has 2 aromatic carbocycles. The summed E-state index contributed by atoms with van der Waals surface area (Å²) in [6.07, 6.45) is 3.57. The van der Waals surface area contributed by atoms with Crippen LogP contribution in [0.3, 0.4) is 0 Å². The number of benzene rings is 2. The molecule has 0 amide bonds. The standard InChI is InChI=1S/C26H31N3O3/c1-4-5-20-10-11-22(16-18(20)2)24-27-23(28-32-24)21-8-6-19(7-9-21)17-29-14-12-26(3,13-15-29)25(30)31/h6-11,16H,4-5,12-15,17H2,1-3H3,(H,30,31). The molecule has 6 nitrogen and oxygen atoms in total. The fourth-order valence-electron chi connectivity index (χ4n) is 4.27. The number of nitrogens with zero attached hydrogens (tertiary/aromatic N) is 3. The molecule has 3 aromatic rings. The van der Waals surface area contributed by atoms with Gasteiger partial charge < -0.3 is 9.63 Å². The predicted octanol–water partition coefficient (Wildman–Crippen LogP) is 5.35. The van der Waals surface area contributed by atoms with E-state index in [1.165, 1.54) is 16.7 Å². The van der Waals surface area contributed by atoms with E-state index in [9.17, 15) is 9.90 Å². The van der Waals surface area contributed by atoms with E-state index < -0.39 is 11.4 Å². The van der Waals surface area contributed by atoms with Crippen molar-refractivity contribution in [2.24, 2.45) is 5.41 Å². The van der Waals surface area contributed by atoms with E-state index in [2.05, 4.69) is 53.2 Å². The molecule has 0 bridgehead atoms. The zero-order valence-electron chi connectivity index (χ0n) is 19.1. The van der Waals surface area contributed by atoms with Gasteiger partial charge in [0, 0.05) is 17.7 Å². The van der Waals surface area contributed by atoms with Crippen LogP contribution >= 0.6 is 0 Å². The average Bonchev–Trinajstić information content (AvgIpc) is 3.28. The third-order valence-electron chi connectivity index (χ3n) is 6.63. The van der Waals surface area contributed by atoms with Crippen LogP contribution in [-0.2, 0) is 17.8 Å². The molecule has 0 saturated carbocycles. The molecule has 168 valence electrons. The van der Waals surface area contributed by atoms with Gasteiger partial charge in [0.05, 0.1) is 5.41 Å². The summed E-state index contributed by atoms with van der Waals surface area (Å²) in [6, 6.07) is 14.5. The highest BCUT2D eigenvalue weighted by Crippen LogP contribution is 2.32. The number of hydrogen-bond donors (Lipinski definition) is 1. The Hall–Kier alpha value is -2.99. The van der Waals surface area contributed by atoms with Crippen molar-refractivity contribution in [2.75, 3.05) is 13.1 Å². The monoisotopic (exact) mass is 433 g/mol. The number of carbonyl (C=O) groups is 1. The Kier molecular flexibility index (Phi) is 6.42. The van der Waals surface area contributed by atoms with Gasteiger partial charge in [-0.05, 0) is 75.0 Å². The third kappa shape index (κ3) is 4.75. The molecule has 0 aliphatic carbocycles. The van der Waals surface area contributed by atoms with Crippen LogP contribution in [0.15, 0.2) is 47.0 Å². The molecule has 0 radical (unpaired) electrons. The number of hydrogen-bond acceptors (Lipinski definition) is 5. The van der Waals surface area contributed by atoms with Crippen LogP contribution in [0.4, 0.5) is 0 Å². The van der Waals surface area contributed by atoms with Crippen molar-refractivity contribution in [3.05, 3.63) is 59.2 Å². The maximum atomic E-state index is 11.4. The molecule has 1 aliphatic heterocycles. The molecule has 32 heavy (non-hydrogen) atoms. The largest absolute Gasteiger partial charge is 0.481 e. The molecule has 0 unspecified atom stereocenters. The summed E-state index contributed by atoms with van der Waals surface area (Å²) in [6.45, 7) is 8.57. The Morgan fingerprint density at radius 1 is 1.12 bits per heavy atom. The van der Waals surface area contributed by atoms with Gasteiger partial charge in [-0.1, -0.05) is 48.8 Å². The van der Waals surface area contributed by atoms with Crippen molar-refractivity contribution in [1.82, 2.24) is 15.0 Å². The molecule has 1 saturated heterocycles. The molecule has 1 aliphatic rings. The summed E-state index contributed by atoms with van der Waals surface area (Å²) in [5, 5.41) is 13.6. The lowest BCUT2D eigenvalue weighted by atomic mass is 9.80. The molecule has 6 heteroatoms. The number of aromatic nitrogens is 2. The highest BCUT2D eigenvalue weighted by atomic mass is 16.5. The van der Waals surface area contributed by atoms with E-state index in [1.54, 1.807) is 0 Å². The van der Waals surface area contributed by atoms with Crippen molar-refractivity contribution >= 4 is 5.97 Å². The van der Waals surface area contributed by atoms with E-state index in [-0.39, 0.29) is 0 Å². The van der Waals surface area contributed by atoms with Gasteiger partial charge in [0.1, 0.15) is 0 Å². The van der Waals surface area contributed by atoms with Gasteiger partial charge in [-0.3, -0.25) is 9.69 Å². The first-order valence-electron chi connectivity index (χ1n) is 11.4. The van der Waals surface area contributed by atoms with E-state index >= 15 is 0 Å². The number of aryl methyl sites for hydroxylation is 2. The Bertz CT molecular complexity index is 1080. The van der Waals surface area contributed by atoms with Gasteiger partial charge >= 0.3 is 5.97 Å². The summed E-state index contributed by atoms with van der Waals surface area (Å²) in [5.74, 6) is 0.426. The van der Waals surface area contributed by atoms with E-state index in [0.29, 0.717) is 24.6 Å². The van der Waals surface area contributed by atoms with Crippen LogP contribution in [0, 0.1) is 12.3 Å². The topological polar surface area (TPSA) is 79.5 Å². The molecule has 1 aromatic heterocycles. The number of piperidine rings is 1. The van der Waals surface area contributed by atoms with E-state index in [0.717, 1.165) is 43.6 Å². The van der Waals surface area contributed by atoms with Crippen molar-refractivity contribution in [1.29, 1.82) is 0 Å². The highest BCUT2D eigenvalue weighted by molar-refractivity contribution is 5.74. The minimum atomic E-state index is -0.687. The lowest BCUT2D eigenvalue weighted by Crippen LogP contribution is -2.42. The zero-order chi connectivity index (χ0) is 22.7. The average molecular weight is 434 g/mol. The van der Waals surface area contributed by atoms with Crippen molar-refractivity contribution in [3.8, 4) is 22.8 Å². The van der Waals surface area contributed by atoms with Crippen molar-refractivity contribution < 1.29 is 14.4 Å². The predicted molar refractivity (Wildman–Crippen MR) is 124 cm³/mol. The number of rotatable bonds is 7. The quantitative estimate of drug-likeness (QED) is 0.541. The van der Waals surface area contributed by atoms with Gasteiger partial charge in [0.15, 0.2) is 0 Å². The lowest BCUT2D eigenvalue weighted by molar-refractivity contribution is -0.150. The van der Waals surface area contributed by atoms with Gasteiger partial charge in [0.25, 0.3) is 5.89 Å². The molecule has 0 spiro atoms. The Morgan fingerprint density at radius 3 is 2.44 bits per heavy atom. The second-order valence-electron chi connectivity index (χ2n) is 9.15. The maximum absolute atomic E-state index is 11.4. The van der Waals surface area contributed by atoms with Crippen LogP contribution in [0.1, 0.15) is 49.8 Å². The number of likely N-dealkylation sites (tertiary alicyclic amines) is 1. The van der Waals surface area contributed by atoms with E-state index in [1.807, 2.05) is 25.1 Å². The Labute approximate surface area is 189 Å². The van der Waals surface area contributed by atoms with Crippen molar-refractivity contribution in [3.63, 3.8) is 0 Å². The summed E-state index contributed by atoms with van der Waals surface area (Å²) in [4.78, 5) is 18.3. The summed E-state index contributed by atoms with van der Waals surface area (Å²) in [5.41, 5.74) is 5.06. The van der Waals surface area contributed by atoms with E-state index in [4.69, 9.17) is 4.52 Å². The number of aliphatic carboxylic acids is 1. The second kappa shape index (κ2) is 9.25. The first kappa shape index (κ1) is 22.2. The number of carboxylic acid groups (broad SMARTS) is 1. The van der Waals surface area contributed by atoms with Gasteiger partial charge in [-0.25, -0.2) is 0 Å². The molecule has 1 N–H and O–H groups in total. The third-order valence-corrected chi connectivity index (χ3v) is 6.63. The first-order valence-corrected chi connectivity index (χ1v) is 11.4. The van der Waals surface area contributed by atoms with Crippen LogP contribution in [0.5, 0.6) is 0 Å². The van der Waals surface area contributed by atoms with Gasteiger partial charge in [-0.15, -0.1) is 0 Å². The summed E-state index contributed by atoms with van der Waals surface area (Å²) in [7, 11) is 0. The van der Waals surface area contributed by atoms with Crippen LogP contribution in [0.2, 0.25) is 0 Å². The minimum Gasteiger partial charge on any atom is -0.481 e. The van der Waals surface area contributed by atoms with Crippen molar-refractivity contribution in [2.45, 2.75) is 53.0 Å². The van der Waals surface area contributed by atoms with Gasteiger partial charge in [0.2, 0.25) is 5.82 Å². The fraction of sp³-hybridized carbons (Fsp3) is 0.423. The second-order valence-corrected chi connectivity index (χ2v) is 9.15. The van der Waals surface area contributed by atoms with Crippen LogP contribution in [0.25, 0.3) is 22.8 Å². The Morgan fingerprint density at radius 2 is 1.81 bits per heavy atom. The molecule has 0 atom stereocenters. The van der Waals surface area contributed by atoms with Gasteiger partial charge in [-0.2, -0.15) is 4.98 Å². The normalized spacial score (nSPS) is 16.2. The fourth-order valence-corrected chi connectivity index (χ4v) is 4.27. The molecular weight excluding hydrogens is 402 g/mol. The van der Waals surface area contributed by atoms with Crippen LogP contribution in [-0.4, -0.2) is 39.2 Å². The smallest absolute Gasteiger partial charge is 0.309 e. The lowest BCUT2D eigenvalue weighted by Gasteiger charge is -2.36. The zero-order valence-corrected chi connectivity index (χ0v) is 19.1. The highest BCUT2D eigenvalue weighted by Gasteiger charge is 2.36. The SMILES string of the molecule is CCCc1ccc(-c2nc(-c3ccc(CN4CCC(C)(C(=O)O)CC4)cc3)no2)cc1C. The Balaban J connectivity index is 1.40. The molecule has 1 fully saturated rings. The minimum absolute atomic E-state index is 0.532. The van der Waals surface area contributed by atoms with Crippen LogP contribution < -0.4 is 0 Å².